The lowest BCUT2D eigenvalue weighted by Gasteiger charge is -2.34. The lowest BCUT2D eigenvalue weighted by atomic mass is 9.68. The van der Waals surface area contributed by atoms with E-state index in [1.54, 1.807) is 6.07 Å². The van der Waals surface area contributed by atoms with Crippen molar-refractivity contribution in [1.29, 1.82) is 0 Å². The maximum Gasteiger partial charge on any atom is 0.143 e. The van der Waals surface area contributed by atoms with Crippen molar-refractivity contribution in [2.24, 2.45) is 0 Å². The Hall–Kier alpha value is -1.18. The highest BCUT2D eigenvalue weighted by Gasteiger charge is 2.45. The predicted molar refractivity (Wildman–Crippen MR) is 59.9 cm³/mol. The van der Waals surface area contributed by atoms with Crippen molar-refractivity contribution in [3.05, 3.63) is 35.1 Å². The molecule has 0 bridgehead atoms. The summed E-state index contributed by atoms with van der Waals surface area (Å²) >= 11 is 0. The van der Waals surface area contributed by atoms with Gasteiger partial charge < -0.3 is 0 Å². The van der Waals surface area contributed by atoms with Crippen LogP contribution in [0.15, 0.2) is 18.2 Å². The van der Waals surface area contributed by atoms with E-state index in [1.165, 1.54) is 6.07 Å². The number of ketones is 1. The SMILES string of the molecule is O=C1CCc2c(F)cccc2C12CCCC2. The Morgan fingerprint density at radius 3 is 2.62 bits per heavy atom. The molecule has 1 fully saturated rings. The van der Waals surface area contributed by atoms with E-state index in [2.05, 4.69) is 0 Å². The first kappa shape index (κ1) is 10.0. The van der Waals surface area contributed by atoms with Gasteiger partial charge >= 0.3 is 0 Å². The first-order valence-electron chi connectivity index (χ1n) is 6.05. The Kier molecular flexibility index (Phi) is 2.13. The summed E-state index contributed by atoms with van der Waals surface area (Å²) < 4.78 is 13.7. The van der Waals surface area contributed by atoms with Crippen LogP contribution in [0.25, 0.3) is 0 Å². The fraction of sp³-hybridized carbons (Fsp3) is 0.500. The molecule has 0 heterocycles. The van der Waals surface area contributed by atoms with Gasteiger partial charge in [0, 0.05) is 6.42 Å². The van der Waals surface area contributed by atoms with Gasteiger partial charge in [0.15, 0.2) is 0 Å². The van der Waals surface area contributed by atoms with Gasteiger partial charge in [-0.1, -0.05) is 25.0 Å². The third-order valence-corrected chi connectivity index (χ3v) is 4.23. The summed E-state index contributed by atoms with van der Waals surface area (Å²) in [5.41, 5.74) is 1.46. The van der Waals surface area contributed by atoms with E-state index in [4.69, 9.17) is 0 Å². The number of fused-ring (bicyclic) bond motifs is 2. The second kappa shape index (κ2) is 3.41. The molecule has 2 aliphatic carbocycles. The molecule has 0 unspecified atom stereocenters. The van der Waals surface area contributed by atoms with Crippen molar-refractivity contribution < 1.29 is 9.18 Å². The van der Waals surface area contributed by atoms with Crippen LogP contribution in [0, 0.1) is 5.82 Å². The average Bonchev–Trinajstić information content (AvgIpc) is 2.75. The summed E-state index contributed by atoms with van der Waals surface area (Å²) in [4.78, 5) is 12.2. The summed E-state index contributed by atoms with van der Waals surface area (Å²) in [5, 5.41) is 0. The second-order valence-corrected chi connectivity index (χ2v) is 4.98. The highest BCUT2D eigenvalue weighted by molar-refractivity contribution is 5.92. The Morgan fingerprint density at radius 1 is 1.12 bits per heavy atom. The van der Waals surface area contributed by atoms with Crippen molar-refractivity contribution in [3.63, 3.8) is 0 Å². The van der Waals surface area contributed by atoms with Crippen molar-refractivity contribution in [2.75, 3.05) is 0 Å². The molecular weight excluding hydrogens is 203 g/mol. The van der Waals surface area contributed by atoms with Crippen LogP contribution < -0.4 is 0 Å². The summed E-state index contributed by atoms with van der Waals surface area (Å²) in [5.74, 6) is 0.208. The fourth-order valence-corrected chi connectivity index (χ4v) is 3.42. The Balaban J connectivity index is 2.20. The van der Waals surface area contributed by atoms with Gasteiger partial charge in [-0.3, -0.25) is 4.79 Å². The van der Waals surface area contributed by atoms with Gasteiger partial charge in [0.25, 0.3) is 0 Å². The van der Waals surface area contributed by atoms with Gasteiger partial charge in [0.2, 0.25) is 0 Å². The van der Waals surface area contributed by atoms with Crippen LogP contribution in [-0.4, -0.2) is 5.78 Å². The van der Waals surface area contributed by atoms with Crippen LogP contribution in [0.4, 0.5) is 4.39 Å². The summed E-state index contributed by atoms with van der Waals surface area (Å²) in [6.07, 6.45) is 5.14. The van der Waals surface area contributed by atoms with Gasteiger partial charge in [0.05, 0.1) is 5.41 Å². The molecule has 3 rings (SSSR count). The van der Waals surface area contributed by atoms with Crippen molar-refractivity contribution in [1.82, 2.24) is 0 Å². The lowest BCUT2D eigenvalue weighted by Crippen LogP contribution is -2.38. The highest BCUT2D eigenvalue weighted by Crippen LogP contribution is 2.47. The molecule has 1 spiro atoms. The molecule has 0 atom stereocenters. The fourth-order valence-electron chi connectivity index (χ4n) is 3.42. The molecule has 2 heteroatoms. The normalized spacial score (nSPS) is 22.4. The minimum atomic E-state index is -0.324. The van der Waals surface area contributed by atoms with E-state index in [1.807, 2.05) is 6.07 Å². The van der Waals surface area contributed by atoms with Crippen LogP contribution >= 0.6 is 0 Å². The first-order valence-corrected chi connectivity index (χ1v) is 6.05. The molecule has 84 valence electrons. The average molecular weight is 218 g/mol. The van der Waals surface area contributed by atoms with Crippen molar-refractivity contribution >= 4 is 5.78 Å². The van der Waals surface area contributed by atoms with Crippen LogP contribution in [0.1, 0.15) is 43.2 Å². The first-order chi connectivity index (χ1) is 7.74. The molecule has 0 radical (unpaired) electrons. The van der Waals surface area contributed by atoms with Crippen LogP contribution in [0.3, 0.4) is 0 Å². The van der Waals surface area contributed by atoms with Crippen molar-refractivity contribution in [2.45, 2.75) is 43.9 Å². The third kappa shape index (κ3) is 1.19. The van der Waals surface area contributed by atoms with Gasteiger partial charge in [-0.15, -0.1) is 0 Å². The molecular formula is C14H15FO. The quantitative estimate of drug-likeness (QED) is 0.653. The topological polar surface area (TPSA) is 17.1 Å². The summed E-state index contributed by atoms with van der Waals surface area (Å²) in [7, 11) is 0. The molecule has 1 aromatic rings. The zero-order valence-corrected chi connectivity index (χ0v) is 9.26. The minimum absolute atomic E-state index is 0.128. The van der Waals surface area contributed by atoms with E-state index in [0.717, 1.165) is 36.8 Å². The van der Waals surface area contributed by atoms with Crippen LogP contribution in [0.2, 0.25) is 0 Å². The van der Waals surface area contributed by atoms with Gasteiger partial charge in [-0.2, -0.15) is 0 Å². The van der Waals surface area contributed by atoms with Crippen LogP contribution in [-0.2, 0) is 16.6 Å². The zero-order valence-electron chi connectivity index (χ0n) is 9.26. The molecule has 0 aromatic heterocycles. The molecule has 1 nitrogen and oxygen atoms in total. The maximum atomic E-state index is 13.7. The molecule has 1 saturated carbocycles. The van der Waals surface area contributed by atoms with Gasteiger partial charge in [-0.25, -0.2) is 4.39 Å². The highest BCUT2D eigenvalue weighted by atomic mass is 19.1. The third-order valence-electron chi connectivity index (χ3n) is 4.23. The molecule has 0 aliphatic heterocycles. The summed E-state index contributed by atoms with van der Waals surface area (Å²) in [6, 6.07) is 5.21. The monoisotopic (exact) mass is 218 g/mol. The molecule has 2 aliphatic rings. The van der Waals surface area contributed by atoms with E-state index in [9.17, 15) is 9.18 Å². The molecule has 0 saturated heterocycles. The Bertz CT molecular complexity index is 444. The molecule has 1 aromatic carbocycles. The number of carbonyl (C=O) groups is 1. The van der Waals surface area contributed by atoms with Crippen LogP contribution in [0.5, 0.6) is 0 Å². The molecule has 0 N–H and O–H groups in total. The Labute approximate surface area is 94.7 Å². The van der Waals surface area contributed by atoms with Gasteiger partial charge in [0.1, 0.15) is 11.6 Å². The lowest BCUT2D eigenvalue weighted by molar-refractivity contribution is -0.125. The number of hydrogen-bond acceptors (Lipinski definition) is 1. The Morgan fingerprint density at radius 2 is 1.88 bits per heavy atom. The van der Waals surface area contributed by atoms with Gasteiger partial charge in [-0.05, 0) is 36.5 Å². The number of Topliss-reactive ketones (excluding diaryl/α,β-unsaturated/α-hetero) is 1. The number of rotatable bonds is 0. The number of carbonyl (C=O) groups excluding carboxylic acids is 1. The zero-order chi connectivity index (χ0) is 11.2. The molecule has 0 amide bonds. The number of halogens is 1. The minimum Gasteiger partial charge on any atom is -0.299 e. The maximum absolute atomic E-state index is 13.7. The van der Waals surface area contributed by atoms with E-state index in [-0.39, 0.29) is 11.2 Å². The van der Waals surface area contributed by atoms with E-state index >= 15 is 0 Å². The van der Waals surface area contributed by atoms with E-state index < -0.39 is 0 Å². The predicted octanol–water partition coefficient (Wildman–Crippen LogP) is 3.15. The molecule has 16 heavy (non-hydrogen) atoms. The summed E-state index contributed by atoms with van der Waals surface area (Å²) in [6.45, 7) is 0. The number of hydrogen-bond donors (Lipinski definition) is 0. The van der Waals surface area contributed by atoms with E-state index in [0.29, 0.717) is 18.6 Å². The standard InChI is InChI=1S/C14H15FO/c15-12-5-3-4-11-10(12)6-7-13(16)14(11)8-1-2-9-14/h3-5H,1-2,6-9H2. The number of benzene rings is 1. The second-order valence-electron chi connectivity index (χ2n) is 4.98. The largest absolute Gasteiger partial charge is 0.299 e. The smallest absolute Gasteiger partial charge is 0.143 e. The van der Waals surface area contributed by atoms with Crippen molar-refractivity contribution in [3.8, 4) is 0 Å².